The Balaban J connectivity index is 2.08. The average molecular weight is 276 g/mol. The van der Waals surface area contributed by atoms with Gasteiger partial charge in [-0.1, -0.05) is 40.0 Å². The molecule has 0 aromatic heterocycles. The Bertz CT molecular complexity index is 334. The summed E-state index contributed by atoms with van der Waals surface area (Å²) in [6.45, 7) is 9.61. The molecule has 2 nitrogen and oxygen atoms in total. The van der Waals surface area contributed by atoms with E-state index < -0.39 is 0 Å². The summed E-state index contributed by atoms with van der Waals surface area (Å²) >= 11 is 0. The Morgan fingerprint density at radius 3 is 2.30 bits per heavy atom. The third-order valence-corrected chi connectivity index (χ3v) is 6.11. The van der Waals surface area contributed by atoms with Crippen molar-refractivity contribution in [2.24, 2.45) is 17.3 Å². The molecule has 1 saturated carbocycles. The largest absolute Gasteiger partial charge is 0.299 e. The van der Waals surface area contributed by atoms with Crippen molar-refractivity contribution in [2.45, 2.75) is 78.2 Å². The fourth-order valence-corrected chi connectivity index (χ4v) is 4.13. The maximum absolute atomic E-state index is 9.53. The molecule has 0 N–H and O–H groups in total. The molecule has 0 bridgehead atoms. The topological polar surface area (TPSA) is 27.0 Å². The lowest BCUT2D eigenvalue weighted by Crippen LogP contribution is -2.46. The molecule has 1 heterocycles. The van der Waals surface area contributed by atoms with Crippen LogP contribution in [0.1, 0.15) is 72.1 Å². The van der Waals surface area contributed by atoms with Gasteiger partial charge >= 0.3 is 0 Å². The molecule has 0 spiro atoms. The van der Waals surface area contributed by atoms with Crippen molar-refractivity contribution in [1.29, 1.82) is 5.26 Å². The standard InChI is InChI=1S/C18H32N2/c1-4-18(2,3)16-10-9-15(14-19)17(13-16)20-11-7-5-6-8-12-20/h15-17H,4-13H2,1-3H3. The molecule has 3 unspecified atom stereocenters. The van der Waals surface area contributed by atoms with E-state index in [1.54, 1.807) is 0 Å². The van der Waals surface area contributed by atoms with E-state index in [1.807, 2.05) is 0 Å². The summed E-state index contributed by atoms with van der Waals surface area (Å²) < 4.78 is 0. The summed E-state index contributed by atoms with van der Waals surface area (Å²) in [5, 5.41) is 9.53. The Labute approximate surface area is 125 Å². The summed E-state index contributed by atoms with van der Waals surface area (Å²) in [6, 6.07) is 3.15. The predicted octanol–water partition coefficient (Wildman–Crippen LogP) is 4.61. The Morgan fingerprint density at radius 2 is 1.75 bits per heavy atom. The summed E-state index contributed by atoms with van der Waals surface area (Å²) in [6.07, 6.45) is 10.3. The van der Waals surface area contributed by atoms with Gasteiger partial charge in [0.25, 0.3) is 0 Å². The van der Waals surface area contributed by atoms with E-state index in [0.717, 1.165) is 12.3 Å². The van der Waals surface area contributed by atoms with Crippen LogP contribution in [0.4, 0.5) is 0 Å². The fourth-order valence-electron chi connectivity index (χ4n) is 4.13. The Hall–Kier alpha value is -0.550. The molecule has 114 valence electrons. The van der Waals surface area contributed by atoms with Crippen LogP contribution in [0.25, 0.3) is 0 Å². The number of rotatable bonds is 3. The van der Waals surface area contributed by atoms with Crippen molar-refractivity contribution in [3.63, 3.8) is 0 Å². The van der Waals surface area contributed by atoms with E-state index in [0.29, 0.717) is 11.5 Å². The van der Waals surface area contributed by atoms with Crippen molar-refractivity contribution in [3.05, 3.63) is 0 Å². The molecular formula is C18H32N2. The highest BCUT2D eigenvalue weighted by Gasteiger charge is 2.39. The lowest BCUT2D eigenvalue weighted by Gasteiger charge is -2.45. The van der Waals surface area contributed by atoms with Gasteiger partial charge < -0.3 is 0 Å². The van der Waals surface area contributed by atoms with Gasteiger partial charge in [-0.25, -0.2) is 0 Å². The lowest BCUT2D eigenvalue weighted by molar-refractivity contribution is 0.0533. The van der Waals surface area contributed by atoms with E-state index in [1.165, 1.54) is 58.0 Å². The van der Waals surface area contributed by atoms with Crippen LogP contribution in [0, 0.1) is 28.6 Å². The van der Waals surface area contributed by atoms with Gasteiger partial charge in [-0.15, -0.1) is 0 Å². The van der Waals surface area contributed by atoms with Crippen LogP contribution in [0.3, 0.4) is 0 Å². The van der Waals surface area contributed by atoms with Crippen molar-refractivity contribution in [3.8, 4) is 6.07 Å². The van der Waals surface area contributed by atoms with Crippen LogP contribution in [0.5, 0.6) is 0 Å². The zero-order valence-corrected chi connectivity index (χ0v) is 13.7. The lowest BCUT2D eigenvalue weighted by atomic mass is 9.66. The van der Waals surface area contributed by atoms with Crippen LogP contribution in [-0.2, 0) is 0 Å². The maximum Gasteiger partial charge on any atom is 0.0672 e. The highest BCUT2D eigenvalue weighted by Crippen LogP contribution is 2.43. The molecular weight excluding hydrogens is 244 g/mol. The monoisotopic (exact) mass is 276 g/mol. The van der Waals surface area contributed by atoms with Crippen LogP contribution >= 0.6 is 0 Å². The van der Waals surface area contributed by atoms with Gasteiger partial charge in [0.1, 0.15) is 0 Å². The number of hydrogen-bond donors (Lipinski definition) is 0. The van der Waals surface area contributed by atoms with Gasteiger partial charge in [-0.05, 0) is 56.5 Å². The number of nitriles is 1. The van der Waals surface area contributed by atoms with E-state index >= 15 is 0 Å². The van der Waals surface area contributed by atoms with Crippen molar-refractivity contribution in [2.75, 3.05) is 13.1 Å². The fraction of sp³-hybridized carbons (Fsp3) is 0.944. The van der Waals surface area contributed by atoms with Crippen LogP contribution in [0.2, 0.25) is 0 Å². The van der Waals surface area contributed by atoms with Crippen molar-refractivity contribution < 1.29 is 0 Å². The van der Waals surface area contributed by atoms with Gasteiger partial charge in [0, 0.05) is 6.04 Å². The van der Waals surface area contributed by atoms with Crippen LogP contribution < -0.4 is 0 Å². The third-order valence-electron chi connectivity index (χ3n) is 6.11. The van der Waals surface area contributed by atoms with Crippen LogP contribution in [-0.4, -0.2) is 24.0 Å². The van der Waals surface area contributed by atoms with Gasteiger partial charge in [0.05, 0.1) is 12.0 Å². The zero-order valence-electron chi connectivity index (χ0n) is 13.7. The molecule has 2 fully saturated rings. The predicted molar refractivity (Wildman–Crippen MR) is 84.3 cm³/mol. The highest BCUT2D eigenvalue weighted by molar-refractivity contribution is 5.00. The van der Waals surface area contributed by atoms with Gasteiger partial charge in [-0.3, -0.25) is 4.90 Å². The van der Waals surface area contributed by atoms with Crippen molar-refractivity contribution >= 4 is 0 Å². The minimum Gasteiger partial charge on any atom is -0.299 e. The summed E-state index contributed by atoms with van der Waals surface area (Å²) in [5.41, 5.74) is 0.435. The number of nitrogens with zero attached hydrogens (tertiary/aromatic N) is 2. The van der Waals surface area contributed by atoms with E-state index in [2.05, 4.69) is 31.7 Å². The first-order chi connectivity index (χ1) is 9.58. The summed E-state index contributed by atoms with van der Waals surface area (Å²) in [7, 11) is 0. The molecule has 0 radical (unpaired) electrons. The van der Waals surface area contributed by atoms with Gasteiger partial charge in [0.2, 0.25) is 0 Å². The molecule has 1 aliphatic heterocycles. The second-order valence-corrected chi connectivity index (χ2v) is 7.61. The molecule has 3 atom stereocenters. The van der Waals surface area contributed by atoms with Crippen molar-refractivity contribution in [1.82, 2.24) is 4.90 Å². The molecule has 2 rings (SSSR count). The summed E-state index contributed by atoms with van der Waals surface area (Å²) in [5.74, 6) is 1.07. The third kappa shape index (κ3) is 3.55. The quantitative estimate of drug-likeness (QED) is 0.753. The van der Waals surface area contributed by atoms with E-state index in [9.17, 15) is 5.26 Å². The maximum atomic E-state index is 9.53. The molecule has 0 aromatic rings. The first kappa shape index (κ1) is 15.8. The number of hydrogen-bond acceptors (Lipinski definition) is 2. The first-order valence-corrected chi connectivity index (χ1v) is 8.72. The number of likely N-dealkylation sites (tertiary alicyclic amines) is 1. The molecule has 2 heteroatoms. The average Bonchev–Trinajstić information content (AvgIpc) is 2.75. The van der Waals surface area contributed by atoms with Crippen LogP contribution in [0.15, 0.2) is 0 Å². The molecule has 1 saturated heterocycles. The smallest absolute Gasteiger partial charge is 0.0672 e. The molecule has 2 aliphatic rings. The van der Waals surface area contributed by atoms with Gasteiger partial charge in [0.15, 0.2) is 0 Å². The van der Waals surface area contributed by atoms with Gasteiger partial charge in [-0.2, -0.15) is 5.26 Å². The zero-order chi connectivity index (χ0) is 14.6. The minimum absolute atomic E-state index is 0.275. The molecule has 20 heavy (non-hydrogen) atoms. The normalized spacial score (nSPS) is 33.4. The van der Waals surface area contributed by atoms with E-state index in [-0.39, 0.29) is 5.92 Å². The summed E-state index contributed by atoms with van der Waals surface area (Å²) in [4.78, 5) is 2.67. The Morgan fingerprint density at radius 1 is 1.10 bits per heavy atom. The second-order valence-electron chi connectivity index (χ2n) is 7.61. The highest BCUT2D eigenvalue weighted by atomic mass is 15.2. The molecule has 0 amide bonds. The molecule has 0 aromatic carbocycles. The SMILES string of the molecule is CCC(C)(C)C1CCC(C#N)C(N2CCCCCC2)C1. The van der Waals surface area contributed by atoms with E-state index in [4.69, 9.17) is 0 Å². The second kappa shape index (κ2) is 6.94. The minimum atomic E-state index is 0.275. The Kier molecular flexibility index (Phi) is 5.49. The first-order valence-electron chi connectivity index (χ1n) is 8.72. The molecule has 1 aliphatic carbocycles.